The highest BCUT2D eigenvalue weighted by Gasteiger charge is 2.06. The molecule has 0 aliphatic carbocycles. The molecule has 0 unspecified atom stereocenters. The number of hydrogen-bond donors (Lipinski definition) is 0. The van der Waals surface area contributed by atoms with Crippen molar-refractivity contribution in [3.63, 3.8) is 0 Å². The van der Waals surface area contributed by atoms with E-state index in [0.29, 0.717) is 25.8 Å². The fourth-order valence-corrected chi connectivity index (χ4v) is 1.89. The maximum absolute atomic E-state index is 5.84. The van der Waals surface area contributed by atoms with E-state index in [9.17, 15) is 0 Å². The van der Waals surface area contributed by atoms with Crippen LogP contribution in [0.4, 0.5) is 0 Å². The van der Waals surface area contributed by atoms with Gasteiger partial charge in [-0.15, -0.1) is 5.10 Å². The Hall–Kier alpha value is -0.550. The van der Waals surface area contributed by atoms with Crippen LogP contribution < -0.4 is 4.74 Å². The lowest BCUT2D eigenvalue weighted by Crippen LogP contribution is -1.96. The molecule has 0 amide bonds. The van der Waals surface area contributed by atoms with Crippen LogP contribution in [0.3, 0.4) is 0 Å². The van der Waals surface area contributed by atoms with Crippen molar-refractivity contribution in [3.8, 4) is 5.75 Å². The van der Waals surface area contributed by atoms with Crippen LogP contribution in [0, 0.1) is 0 Å². The molecule has 0 aliphatic heterocycles. The smallest absolute Gasteiger partial charge is 0.141 e. The van der Waals surface area contributed by atoms with E-state index in [-0.39, 0.29) is 6.61 Å². The zero-order valence-electron chi connectivity index (χ0n) is 7.78. The Morgan fingerprint density at radius 2 is 2.00 bits per heavy atom. The molecule has 0 atom stereocenters. The number of rotatable bonds is 3. The molecule has 0 saturated heterocycles. The van der Waals surface area contributed by atoms with Crippen LogP contribution >= 0.6 is 46.3 Å². The lowest BCUT2D eigenvalue weighted by molar-refractivity contribution is 0.301. The van der Waals surface area contributed by atoms with E-state index in [0.717, 1.165) is 11.5 Å². The normalized spacial score (nSPS) is 10.4. The molecular formula is C9H5Cl3N2OS. The second-order valence-corrected chi connectivity index (χ2v) is 5.03. The predicted octanol–water partition coefficient (Wildman–Crippen LogP) is 4.08. The first-order valence-electron chi connectivity index (χ1n) is 4.21. The third-order valence-corrected chi connectivity index (χ3v) is 3.50. The third kappa shape index (κ3) is 2.77. The van der Waals surface area contributed by atoms with Gasteiger partial charge in [-0.2, -0.15) is 0 Å². The van der Waals surface area contributed by atoms with Crippen molar-refractivity contribution in [1.82, 2.24) is 9.59 Å². The summed E-state index contributed by atoms with van der Waals surface area (Å²) in [6.45, 7) is 0.257. The van der Waals surface area contributed by atoms with Crippen LogP contribution in [0.15, 0.2) is 18.2 Å². The van der Waals surface area contributed by atoms with E-state index >= 15 is 0 Å². The van der Waals surface area contributed by atoms with Gasteiger partial charge in [-0.05, 0) is 12.1 Å². The van der Waals surface area contributed by atoms with E-state index in [1.165, 1.54) is 0 Å². The summed E-state index contributed by atoms with van der Waals surface area (Å²) in [6, 6.07) is 5.03. The summed E-state index contributed by atoms with van der Waals surface area (Å²) in [7, 11) is 0. The molecule has 0 bridgehead atoms. The molecule has 0 spiro atoms. The molecule has 1 aromatic heterocycles. The summed E-state index contributed by atoms with van der Waals surface area (Å²) in [6.07, 6.45) is 0. The average molecular weight is 296 g/mol. The van der Waals surface area contributed by atoms with E-state index in [1.807, 2.05) is 0 Å². The zero-order chi connectivity index (χ0) is 11.5. The Labute approximate surface area is 111 Å². The molecule has 1 aromatic carbocycles. The minimum atomic E-state index is 0.257. The van der Waals surface area contributed by atoms with Gasteiger partial charge in [-0.25, -0.2) is 0 Å². The van der Waals surface area contributed by atoms with Crippen molar-refractivity contribution >= 4 is 46.3 Å². The summed E-state index contributed by atoms with van der Waals surface area (Å²) < 4.78 is 9.67. The molecule has 3 nitrogen and oxygen atoms in total. The van der Waals surface area contributed by atoms with Gasteiger partial charge in [-0.3, -0.25) is 0 Å². The summed E-state index contributed by atoms with van der Waals surface area (Å²) in [5.41, 5.74) is 0.609. The zero-order valence-corrected chi connectivity index (χ0v) is 10.9. The van der Waals surface area contributed by atoms with Gasteiger partial charge >= 0.3 is 0 Å². The molecule has 84 valence electrons. The quantitative estimate of drug-likeness (QED) is 0.856. The number of benzene rings is 1. The van der Waals surface area contributed by atoms with Crippen LogP contribution in [-0.4, -0.2) is 9.59 Å². The first kappa shape index (κ1) is 11.9. The third-order valence-electron chi connectivity index (χ3n) is 1.78. The molecule has 0 N–H and O–H groups in total. The summed E-state index contributed by atoms with van der Waals surface area (Å²) in [5.74, 6) is 0.610. The molecule has 7 heteroatoms. The summed E-state index contributed by atoms with van der Waals surface area (Å²) >= 11 is 18.6. The van der Waals surface area contributed by atoms with Gasteiger partial charge in [0.25, 0.3) is 0 Å². The maximum Gasteiger partial charge on any atom is 0.141 e. The van der Waals surface area contributed by atoms with E-state index in [4.69, 9.17) is 39.5 Å². The topological polar surface area (TPSA) is 35.0 Å². The van der Waals surface area contributed by atoms with Gasteiger partial charge in [0, 0.05) is 17.6 Å². The number of ether oxygens (including phenoxy) is 1. The van der Waals surface area contributed by atoms with Crippen molar-refractivity contribution < 1.29 is 4.74 Å². The molecule has 0 fully saturated rings. The maximum atomic E-state index is 5.84. The largest absolute Gasteiger partial charge is 0.487 e. The fourth-order valence-electron chi connectivity index (χ4n) is 1.00. The highest BCUT2D eigenvalue weighted by molar-refractivity contribution is 7.10. The monoisotopic (exact) mass is 294 g/mol. The second-order valence-electron chi connectivity index (χ2n) is 2.86. The Morgan fingerprint density at radius 3 is 2.62 bits per heavy atom. The van der Waals surface area contributed by atoms with Gasteiger partial charge in [0.05, 0.1) is 10.0 Å². The van der Waals surface area contributed by atoms with Crippen molar-refractivity contribution in [3.05, 3.63) is 38.3 Å². The minimum Gasteiger partial charge on any atom is -0.487 e. The number of hydrogen-bond acceptors (Lipinski definition) is 4. The number of nitrogens with zero attached hydrogens (tertiary/aromatic N) is 2. The van der Waals surface area contributed by atoms with Crippen LogP contribution in [0.5, 0.6) is 5.75 Å². The predicted molar refractivity (Wildman–Crippen MR) is 65.7 cm³/mol. The van der Waals surface area contributed by atoms with Crippen molar-refractivity contribution in [1.29, 1.82) is 0 Å². The van der Waals surface area contributed by atoms with Gasteiger partial charge in [0.15, 0.2) is 0 Å². The number of halogens is 3. The lowest BCUT2D eigenvalue weighted by atomic mass is 10.3. The Morgan fingerprint density at radius 1 is 1.19 bits per heavy atom. The highest BCUT2D eigenvalue weighted by atomic mass is 35.5. The molecule has 2 aromatic rings. The van der Waals surface area contributed by atoms with Gasteiger partial charge in [0.2, 0.25) is 0 Å². The SMILES string of the molecule is Clc1ccc(OCc2nnsc2Cl)cc1Cl. The second kappa shape index (κ2) is 5.19. The fraction of sp³-hybridized carbons (Fsp3) is 0.111. The molecule has 16 heavy (non-hydrogen) atoms. The van der Waals surface area contributed by atoms with Crippen LogP contribution in [-0.2, 0) is 6.61 Å². The molecule has 1 heterocycles. The lowest BCUT2D eigenvalue weighted by Gasteiger charge is -2.05. The first-order chi connectivity index (χ1) is 7.66. The molecule has 0 radical (unpaired) electrons. The van der Waals surface area contributed by atoms with Gasteiger partial charge < -0.3 is 4.74 Å². The summed E-state index contributed by atoms with van der Waals surface area (Å²) in [5, 5.41) is 4.76. The number of aromatic nitrogens is 2. The average Bonchev–Trinajstić information content (AvgIpc) is 2.66. The summed E-state index contributed by atoms with van der Waals surface area (Å²) in [4.78, 5) is 0. The van der Waals surface area contributed by atoms with Crippen molar-refractivity contribution in [2.45, 2.75) is 6.61 Å². The Balaban J connectivity index is 2.05. The standard InChI is InChI=1S/C9H5Cl3N2OS/c10-6-2-1-5(3-7(6)11)15-4-8-9(12)16-14-13-8/h1-3H,4H2. The molecule has 2 rings (SSSR count). The van der Waals surface area contributed by atoms with Gasteiger partial charge in [-0.1, -0.05) is 39.3 Å². The van der Waals surface area contributed by atoms with Crippen LogP contribution in [0.2, 0.25) is 14.4 Å². The molecular weight excluding hydrogens is 291 g/mol. The Bertz CT molecular complexity index is 503. The van der Waals surface area contributed by atoms with Crippen LogP contribution in [0.1, 0.15) is 5.69 Å². The van der Waals surface area contributed by atoms with Crippen molar-refractivity contribution in [2.75, 3.05) is 0 Å². The first-order valence-corrected chi connectivity index (χ1v) is 6.12. The molecule has 0 saturated carbocycles. The highest BCUT2D eigenvalue weighted by Crippen LogP contribution is 2.27. The van der Waals surface area contributed by atoms with E-state index in [2.05, 4.69) is 9.59 Å². The van der Waals surface area contributed by atoms with Gasteiger partial charge in [0.1, 0.15) is 22.4 Å². The van der Waals surface area contributed by atoms with Crippen molar-refractivity contribution in [2.24, 2.45) is 0 Å². The Kier molecular flexibility index (Phi) is 3.86. The van der Waals surface area contributed by atoms with Crippen LogP contribution in [0.25, 0.3) is 0 Å². The molecule has 0 aliphatic rings. The van der Waals surface area contributed by atoms with E-state index in [1.54, 1.807) is 18.2 Å². The minimum absolute atomic E-state index is 0.257. The van der Waals surface area contributed by atoms with E-state index < -0.39 is 0 Å².